The summed E-state index contributed by atoms with van der Waals surface area (Å²) in [7, 11) is 0. The first-order valence-corrected chi connectivity index (χ1v) is 8.05. The molecule has 0 radical (unpaired) electrons. The first kappa shape index (κ1) is 14.4. The highest BCUT2D eigenvalue weighted by molar-refractivity contribution is 7.16. The molecule has 1 aliphatic heterocycles. The molecule has 0 saturated carbocycles. The fourth-order valence-corrected chi connectivity index (χ4v) is 4.85. The highest BCUT2D eigenvalue weighted by atomic mass is 32.1. The second kappa shape index (κ2) is 5.32. The lowest BCUT2D eigenvalue weighted by molar-refractivity contribution is 0.1000. The summed E-state index contributed by atoms with van der Waals surface area (Å²) in [5.74, 6) is 0.0118. The number of fused-ring (bicyclic) bond motifs is 1. The van der Waals surface area contributed by atoms with Gasteiger partial charge in [-0.2, -0.15) is 5.26 Å². The third kappa shape index (κ3) is 2.52. The van der Waals surface area contributed by atoms with E-state index in [1.165, 1.54) is 11.3 Å². The van der Waals surface area contributed by atoms with Gasteiger partial charge in [-0.1, -0.05) is 0 Å². The number of primary amides is 1. The minimum absolute atomic E-state index is 0.350. The number of rotatable bonds is 3. The zero-order chi connectivity index (χ0) is 15.0. The van der Waals surface area contributed by atoms with Crippen LogP contribution < -0.4 is 11.5 Å². The zero-order valence-corrected chi connectivity index (χ0v) is 12.7. The van der Waals surface area contributed by atoms with Crippen LogP contribution in [0.1, 0.15) is 40.1 Å². The van der Waals surface area contributed by atoms with Crippen molar-refractivity contribution in [1.82, 2.24) is 0 Å². The molecular weight excluding hydrogens is 286 g/mol. The molecule has 2 atom stereocenters. The summed E-state index contributed by atoms with van der Waals surface area (Å²) in [6.45, 7) is 1.56. The number of hydrogen-bond acceptors (Lipinski definition) is 5. The Morgan fingerprint density at radius 3 is 3.00 bits per heavy atom. The summed E-state index contributed by atoms with van der Waals surface area (Å²) >= 11 is 1.42. The number of amides is 1. The highest BCUT2D eigenvalue weighted by Gasteiger charge is 2.40. The van der Waals surface area contributed by atoms with E-state index in [4.69, 9.17) is 16.2 Å². The van der Waals surface area contributed by atoms with Crippen molar-refractivity contribution in [2.75, 3.05) is 18.9 Å². The smallest absolute Gasteiger partial charge is 0.251 e. The third-order valence-corrected chi connectivity index (χ3v) is 5.72. The lowest BCUT2D eigenvalue weighted by atomic mass is 9.69. The molecule has 0 aromatic carbocycles. The van der Waals surface area contributed by atoms with Crippen molar-refractivity contribution in [3.8, 4) is 6.07 Å². The molecule has 1 aromatic rings. The number of anilines is 1. The molecule has 1 aromatic heterocycles. The number of carbonyl (C=O) groups excluding carboxylic acids is 1. The normalized spacial score (nSPS) is 28.0. The number of nitrogens with zero attached hydrogens (tertiary/aromatic N) is 1. The van der Waals surface area contributed by atoms with Gasteiger partial charge in [-0.15, -0.1) is 11.3 Å². The minimum Gasteiger partial charge on any atom is -0.390 e. The summed E-state index contributed by atoms with van der Waals surface area (Å²) in [5.41, 5.74) is 12.5. The van der Waals surface area contributed by atoms with Crippen LogP contribution in [0, 0.1) is 22.7 Å². The van der Waals surface area contributed by atoms with Crippen molar-refractivity contribution in [1.29, 1.82) is 5.26 Å². The Labute approximate surface area is 127 Å². The van der Waals surface area contributed by atoms with Crippen LogP contribution in [0.4, 0.5) is 5.00 Å². The van der Waals surface area contributed by atoms with E-state index in [2.05, 4.69) is 6.07 Å². The molecule has 1 fully saturated rings. The maximum absolute atomic E-state index is 11.5. The Kier molecular flexibility index (Phi) is 3.64. The third-order valence-electron chi connectivity index (χ3n) is 4.66. The summed E-state index contributed by atoms with van der Waals surface area (Å²) < 4.78 is 5.42. The second-order valence-corrected chi connectivity index (χ2v) is 7.25. The molecule has 2 heterocycles. The molecule has 1 aliphatic carbocycles. The molecule has 21 heavy (non-hydrogen) atoms. The maximum Gasteiger partial charge on any atom is 0.251 e. The van der Waals surface area contributed by atoms with Crippen LogP contribution in [0.25, 0.3) is 0 Å². The quantitative estimate of drug-likeness (QED) is 0.889. The maximum atomic E-state index is 11.5. The first-order valence-electron chi connectivity index (χ1n) is 7.23. The average Bonchev–Trinajstić information content (AvgIpc) is 3.04. The number of nitrogens with two attached hydrogens (primary N) is 2. The number of carbonyl (C=O) groups is 1. The summed E-state index contributed by atoms with van der Waals surface area (Å²) in [6, 6.07) is 2.54. The van der Waals surface area contributed by atoms with Crippen LogP contribution in [-0.4, -0.2) is 19.1 Å². The minimum atomic E-state index is -0.460. The molecule has 2 aliphatic rings. The van der Waals surface area contributed by atoms with Gasteiger partial charge in [0.05, 0.1) is 22.0 Å². The SMILES string of the molecule is N#CC1(CC2CCOC2)CCc2c(sc(N)c2C(N)=O)C1. The molecule has 1 saturated heterocycles. The molecule has 6 heteroatoms. The molecule has 4 N–H and O–H groups in total. The van der Waals surface area contributed by atoms with Gasteiger partial charge in [-0.3, -0.25) is 4.79 Å². The van der Waals surface area contributed by atoms with Crippen molar-refractivity contribution < 1.29 is 9.53 Å². The van der Waals surface area contributed by atoms with Gasteiger partial charge < -0.3 is 16.2 Å². The Morgan fingerprint density at radius 1 is 1.57 bits per heavy atom. The summed E-state index contributed by atoms with van der Waals surface area (Å²) in [4.78, 5) is 12.6. The van der Waals surface area contributed by atoms with Gasteiger partial charge in [-0.05, 0) is 37.2 Å². The van der Waals surface area contributed by atoms with E-state index in [1.54, 1.807) is 0 Å². The van der Waals surface area contributed by atoms with E-state index in [0.717, 1.165) is 42.9 Å². The van der Waals surface area contributed by atoms with Gasteiger partial charge in [0.25, 0.3) is 5.91 Å². The van der Waals surface area contributed by atoms with E-state index in [0.29, 0.717) is 29.3 Å². The Balaban J connectivity index is 1.87. The standard InChI is InChI=1S/C15H19N3O2S/c16-8-15(5-9-2-4-20-7-9)3-1-10-11(6-15)21-14(18)12(10)13(17)19/h9H,1-7,18H2,(H2,17,19). The monoisotopic (exact) mass is 305 g/mol. The Hall–Kier alpha value is -1.58. The van der Waals surface area contributed by atoms with Crippen molar-refractivity contribution in [2.45, 2.75) is 32.1 Å². The number of nitrogen functional groups attached to an aromatic ring is 1. The molecule has 2 unspecified atom stereocenters. The van der Waals surface area contributed by atoms with Gasteiger partial charge in [-0.25, -0.2) is 0 Å². The van der Waals surface area contributed by atoms with Crippen LogP contribution >= 0.6 is 11.3 Å². The molecule has 0 spiro atoms. The fourth-order valence-electron chi connectivity index (χ4n) is 3.58. The molecule has 112 valence electrons. The van der Waals surface area contributed by atoms with Crippen LogP contribution in [-0.2, 0) is 17.6 Å². The second-order valence-electron chi connectivity index (χ2n) is 6.11. The molecule has 0 bridgehead atoms. The predicted molar refractivity (Wildman–Crippen MR) is 80.9 cm³/mol. The topological polar surface area (TPSA) is 102 Å². The van der Waals surface area contributed by atoms with E-state index < -0.39 is 5.91 Å². The van der Waals surface area contributed by atoms with E-state index in [1.807, 2.05) is 0 Å². The Morgan fingerprint density at radius 2 is 2.38 bits per heavy atom. The summed E-state index contributed by atoms with van der Waals surface area (Å²) in [6.07, 6.45) is 4.06. The molecular formula is C15H19N3O2S. The van der Waals surface area contributed by atoms with Crippen molar-refractivity contribution >= 4 is 22.2 Å². The zero-order valence-electron chi connectivity index (χ0n) is 11.9. The molecule has 3 rings (SSSR count). The van der Waals surface area contributed by atoms with E-state index in [-0.39, 0.29) is 5.41 Å². The van der Waals surface area contributed by atoms with Crippen LogP contribution in [0.15, 0.2) is 0 Å². The summed E-state index contributed by atoms with van der Waals surface area (Å²) in [5, 5.41) is 10.2. The average molecular weight is 305 g/mol. The Bertz CT molecular complexity index is 613. The van der Waals surface area contributed by atoms with Crippen molar-refractivity contribution in [3.63, 3.8) is 0 Å². The van der Waals surface area contributed by atoms with E-state index in [9.17, 15) is 10.1 Å². The van der Waals surface area contributed by atoms with Crippen molar-refractivity contribution in [3.05, 3.63) is 16.0 Å². The lowest BCUT2D eigenvalue weighted by Gasteiger charge is -2.32. The van der Waals surface area contributed by atoms with Gasteiger partial charge in [0.15, 0.2) is 0 Å². The van der Waals surface area contributed by atoms with Gasteiger partial charge >= 0.3 is 0 Å². The predicted octanol–water partition coefficient (Wildman–Crippen LogP) is 1.85. The molecule has 5 nitrogen and oxygen atoms in total. The number of nitriles is 1. The van der Waals surface area contributed by atoms with Gasteiger partial charge in [0, 0.05) is 24.5 Å². The van der Waals surface area contributed by atoms with Crippen LogP contribution in [0.5, 0.6) is 0 Å². The lowest BCUT2D eigenvalue weighted by Crippen LogP contribution is -2.30. The van der Waals surface area contributed by atoms with Gasteiger partial charge in [0.1, 0.15) is 0 Å². The fraction of sp³-hybridized carbons (Fsp3) is 0.600. The number of ether oxygens (including phenoxy) is 1. The van der Waals surface area contributed by atoms with Crippen LogP contribution in [0.2, 0.25) is 0 Å². The van der Waals surface area contributed by atoms with E-state index >= 15 is 0 Å². The largest absolute Gasteiger partial charge is 0.390 e. The number of thiophene rings is 1. The first-order chi connectivity index (χ1) is 10.0. The highest BCUT2D eigenvalue weighted by Crippen LogP contribution is 2.46. The van der Waals surface area contributed by atoms with Crippen LogP contribution in [0.3, 0.4) is 0 Å². The van der Waals surface area contributed by atoms with Crippen molar-refractivity contribution in [2.24, 2.45) is 17.1 Å². The number of hydrogen-bond donors (Lipinski definition) is 2. The molecule has 1 amide bonds. The van der Waals surface area contributed by atoms with Gasteiger partial charge in [0.2, 0.25) is 0 Å².